The average molecular weight is 562 g/mol. The van der Waals surface area contributed by atoms with E-state index in [0.717, 1.165) is 54.8 Å². The van der Waals surface area contributed by atoms with Crippen LogP contribution in [-0.4, -0.2) is 53.7 Å². The van der Waals surface area contributed by atoms with Crippen molar-refractivity contribution >= 4 is 42.3 Å². The number of nitrogen functional groups attached to an aromatic ring is 1. The van der Waals surface area contributed by atoms with Gasteiger partial charge >= 0.3 is 0 Å². The fourth-order valence-corrected chi connectivity index (χ4v) is 5.80. The molecule has 1 amide bonds. The summed E-state index contributed by atoms with van der Waals surface area (Å²) < 4.78 is 14.0. The number of carbonyl (C=O) groups excluding carboxylic acids is 1. The molecule has 0 unspecified atom stereocenters. The number of oxazole rings is 1. The third kappa shape index (κ3) is 5.75. The molecule has 1 aliphatic heterocycles. The Bertz CT molecular complexity index is 1510. The van der Waals surface area contributed by atoms with Crippen molar-refractivity contribution in [1.29, 1.82) is 0 Å². The lowest BCUT2D eigenvalue weighted by molar-refractivity contribution is 0.102. The molecule has 4 aromatic rings. The Labute approximate surface area is 236 Å². The van der Waals surface area contributed by atoms with Crippen LogP contribution in [0.5, 0.6) is 0 Å². The van der Waals surface area contributed by atoms with Gasteiger partial charge in [0.15, 0.2) is 14.0 Å². The van der Waals surface area contributed by atoms with Crippen molar-refractivity contribution in [1.82, 2.24) is 19.7 Å². The van der Waals surface area contributed by atoms with Gasteiger partial charge in [-0.2, -0.15) is 5.10 Å². The van der Waals surface area contributed by atoms with Crippen LogP contribution in [0.4, 0.5) is 17.2 Å². The molecule has 1 saturated heterocycles. The SMILES string of the molecule is Cn1ncc2cc(NC(=O)c3coc(-c4ccnc(N)c4)n3)c(N3CCC(CO[Si](C)(C)C(C)(C)C)CC3)cc21. The first-order valence-corrected chi connectivity index (χ1v) is 16.7. The molecule has 3 N–H and O–H groups in total. The Morgan fingerprint density at radius 2 is 1.98 bits per heavy atom. The number of nitrogens with two attached hydrogens (primary N) is 1. The number of amides is 1. The van der Waals surface area contributed by atoms with Gasteiger partial charge in [-0.25, -0.2) is 9.97 Å². The van der Waals surface area contributed by atoms with Crippen LogP contribution in [0.1, 0.15) is 44.1 Å². The summed E-state index contributed by atoms with van der Waals surface area (Å²) in [6, 6.07) is 7.48. The van der Waals surface area contributed by atoms with E-state index in [4.69, 9.17) is 14.6 Å². The lowest BCUT2D eigenvalue weighted by atomic mass is 9.97. The number of benzene rings is 1. The zero-order valence-corrected chi connectivity index (χ0v) is 25.2. The van der Waals surface area contributed by atoms with Gasteiger partial charge in [-0.1, -0.05) is 20.8 Å². The van der Waals surface area contributed by atoms with E-state index in [2.05, 4.69) is 65.2 Å². The number of pyridine rings is 1. The van der Waals surface area contributed by atoms with Crippen LogP contribution in [0.3, 0.4) is 0 Å². The molecule has 212 valence electrons. The molecule has 4 heterocycles. The number of aryl methyl sites for hydroxylation is 1. The molecule has 0 atom stereocenters. The van der Waals surface area contributed by atoms with Crippen molar-refractivity contribution in [2.75, 3.05) is 35.6 Å². The quantitative estimate of drug-likeness (QED) is 0.276. The second-order valence-corrected chi connectivity index (χ2v) is 17.0. The summed E-state index contributed by atoms with van der Waals surface area (Å²) in [5.74, 6) is 0.842. The van der Waals surface area contributed by atoms with Crippen molar-refractivity contribution in [3.8, 4) is 11.5 Å². The summed E-state index contributed by atoms with van der Waals surface area (Å²) in [7, 11) is 0.153. The van der Waals surface area contributed by atoms with Crippen LogP contribution in [-0.2, 0) is 11.5 Å². The number of hydrogen-bond donors (Lipinski definition) is 2. The third-order valence-electron chi connectivity index (χ3n) is 8.32. The molecule has 0 bridgehead atoms. The molecule has 1 fully saturated rings. The van der Waals surface area contributed by atoms with Gasteiger partial charge in [-0.15, -0.1) is 0 Å². The molecular formula is C29H39N7O3Si. The number of carbonyl (C=O) groups is 1. The van der Waals surface area contributed by atoms with Crippen LogP contribution in [0.15, 0.2) is 47.3 Å². The van der Waals surface area contributed by atoms with Crippen LogP contribution in [0, 0.1) is 5.92 Å². The Morgan fingerprint density at radius 1 is 1.23 bits per heavy atom. The van der Waals surface area contributed by atoms with Gasteiger partial charge in [-0.05, 0) is 61.2 Å². The van der Waals surface area contributed by atoms with Gasteiger partial charge < -0.3 is 24.8 Å². The Balaban J connectivity index is 1.33. The van der Waals surface area contributed by atoms with E-state index in [1.165, 1.54) is 6.26 Å². The third-order valence-corrected chi connectivity index (χ3v) is 12.8. The molecule has 0 aliphatic carbocycles. The van der Waals surface area contributed by atoms with Gasteiger partial charge in [0.1, 0.15) is 12.1 Å². The fraction of sp³-hybridized carbons (Fsp3) is 0.448. The molecule has 0 spiro atoms. The van der Waals surface area contributed by atoms with Crippen LogP contribution >= 0.6 is 0 Å². The number of nitrogens with zero attached hydrogens (tertiary/aromatic N) is 5. The van der Waals surface area contributed by atoms with Gasteiger partial charge in [0.25, 0.3) is 5.91 Å². The number of hydrogen-bond acceptors (Lipinski definition) is 8. The molecule has 0 saturated carbocycles. The van der Waals surface area contributed by atoms with Gasteiger partial charge in [0, 0.05) is 43.9 Å². The molecular weight excluding hydrogens is 522 g/mol. The predicted octanol–water partition coefficient (Wildman–Crippen LogP) is 5.70. The average Bonchev–Trinajstić information content (AvgIpc) is 3.54. The standard InChI is InChI=1S/C29H39N7O3Si/c1-29(2,3)40(5,6)39-17-19-8-11-36(12-9-19)25-15-24-21(16-32-35(24)4)13-22(25)33-27(37)23-18-38-28(34-23)20-7-10-31-26(30)14-20/h7,10,13-16,18-19H,8-9,11-12,17H2,1-6H3,(H2,30,31)(H,33,37). The van der Waals surface area contributed by atoms with Crippen molar-refractivity contribution < 1.29 is 13.6 Å². The Morgan fingerprint density at radius 3 is 2.67 bits per heavy atom. The summed E-state index contributed by atoms with van der Waals surface area (Å²) in [6.07, 6.45) is 6.81. The lowest BCUT2D eigenvalue weighted by Crippen LogP contribution is -2.43. The number of aromatic nitrogens is 4. The molecule has 1 aromatic carbocycles. The summed E-state index contributed by atoms with van der Waals surface area (Å²) in [6.45, 7) is 14.0. The molecule has 3 aromatic heterocycles. The maximum absolute atomic E-state index is 13.3. The highest BCUT2D eigenvalue weighted by molar-refractivity contribution is 6.74. The van der Waals surface area contributed by atoms with E-state index in [-0.39, 0.29) is 16.6 Å². The summed E-state index contributed by atoms with van der Waals surface area (Å²) in [5, 5.41) is 8.65. The maximum atomic E-state index is 13.3. The minimum absolute atomic E-state index is 0.184. The number of anilines is 3. The topological polar surface area (TPSA) is 124 Å². The molecule has 0 radical (unpaired) electrons. The fourth-order valence-electron chi connectivity index (χ4n) is 4.71. The zero-order chi connectivity index (χ0) is 28.7. The minimum Gasteiger partial charge on any atom is -0.444 e. The number of piperidine rings is 1. The number of fused-ring (bicyclic) bond motifs is 1. The van der Waals surface area contributed by atoms with E-state index in [1.807, 2.05) is 17.8 Å². The number of nitrogens with one attached hydrogen (secondary N) is 1. The normalized spacial score (nSPS) is 15.1. The van der Waals surface area contributed by atoms with Crippen LogP contribution in [0.2, 0.25) is 18.1 Å². The van der Waals surface area contributed by atoms with Crippen molar-refractivity contribution in [2.24, 2.45) is 13.0 Å². The Kier molecular flexibility index (Phi) is 7.45. The summed E-state index contributed by atoms with van der Waals surface area (Å²) >= 11 is 0. The minimum atomic E-state index is -1.78. The molecule has 1 aliphatic rings. The van der Waals surface area contributed by atoms with Crippen molar-refractivity contribution in [3.63, 3.8) is 0 Å². The van der Waals surface area contributed by atoms with Crippen LogP contribution < -0.4 is 16.0 Å². The van der Waals surface area contributed by atoms with Crippen LogP contribution in [0.25, 0.3) is 22.4 Å². The summed E-state index contributed by atoms with van der Waals surface area (Å²) in [4.78, 5) is 24.0. The van der Waals surface area contributed by atoms with Crippen molar-refractivity contribution in [2.45, 2.75) is 51.7 Å². The summed E-state index contributed by atoms with van der Waals surface area (Å²) in [5.41, 5.74) is 9.33. The number of rotatable bonds is 7. The smallest absolute Gasteiger partial charge is 0.277 e. The highest BCUT2D eigenvalue weighted by atomic mass is 28.4. The highest BCUT2D eigenvalue weighted by Gasteiger charge is 2.38. The van der Waals surface area contributed by atoms with E-state index < -0.39 is 8.32 Å². The second kappa shape index (κ2) is 10.7. The maximum Gasteiger partial charge on any atom is 0.277 e. The highest BCUT2D eigenvalue weighted by Crippen LogP contribution is 2.38. The van der Waals surface area contributed by atoms with E-state index >= 15 is 0 Å². The van der Waals surface area contributed by atoms with Gasteiger partial charge in [0.2, 0.25) is 5.89 Å². The molecule has 40 heavy (non-hydrogen) atoms. The first kappa shape index (κ1) is 27.8. The van der Waals surface area contributed by atoms with Gasteiger partial charge in [0.05, 0.1) is 23.1 Å². The van der Waals surface area contributed by atoms with E-state index in [9.17, 15) is 4.79 Å². The van der Waals surface area contributed by atoms with Crippen molar-refractivity contribution in [3.05, 3.63) is 48.6 Å². The van der Waals surface area contributed by atoms with Gasteiger partial charge in [-0.3, -0.25) is 9.48 Å². The molecule has 10 nitrogen and oxygen atoms in total. The first-order chi connectivity index (χ1) is 18.9. The van der Waals surface area contributed by atoms with E-state index in [0.29, 0.717) is 23.2 Å². The lowest BCUT2D eigenvalue weighted by Gasteiger charge is -2.39. The first-order valence-electron chi connectivity index (χ1n) is 13.7. The zero-order valence-electron chi connectivity index (χ0n) is 24.2. The monoisotopic (exact) mass is 561 g/mol. The van der Waals surface area contributed by atoms with E-state index in [1.54, 1.807) is 24.5 Å². The molecule has 11 heteroatoms. The Hall–Kier alpha value is -3.70. The predicted molar refractivity (Wildman–Crippen MR) is 161 cm³/mol. The second-order valence-electron chi connectivity index (χ2n) is 12.2. The molecule has 5 rings (SSSR count). The largest absolute Gasteiger partial charge is 0.444 e.